The summed E-state index contributed by atoms with van der Waals surface area (Å²) in [5, 5.41) is 12.7. The lowest BCUT2D eigenvalue weighted by molar-refractivity contribution is -0.147. The summed E-state index contributed by atoms with van der Waals surface area (Å²) in [5.74, 6) is -1.09. The number of halogens is 3. The Kier molecular flexibility index (Phi) is 4.24. The van der Waals surface area contributed by atoms with Crippen LogP contribution in [0.3, 0.4) is 0 Å². The van der Waals surface area contributed by atoms with Crippen LogP contribution in [-0.4, -0.2) is 34.1 Å². The average molecular weight is 280 g/mol. The molecule has 0 spiro atoms. The van der Waals surface area contributed by atoms with Crippen LogP contribution in [0, 0.1) is 0 Å². The predicted molar refractivity (Wildman–Crippen MR) is 59.6 cm³/mol. The second-order valence-electron chi connectivity index (χ2n) is 4.51. The van der Waals surface area contributed by atoms with Crippen LogP contribution in [0.5, 0.6) is 0 Å². The Bertz CT molecular complexity index is 466. The molecule has 0 saturated carbocycles. The summed E-state index contributed by atoms with van der Waals surface area (Å²) in [6, 6.07) is 0. The molecule has 0 saturated heterocycles. The van der Waals surface area contributed by atoms with Gasteiger partial charge in [0.2, 0.25) is 0 Å². The monoisotopic (exact) mass is 280 g/mol. The van der Waals surface area contributed by atoms with Crippen LogP contribution in [0.2, 0.25) is 0 Å². The lowest BCUT2D eigenvalue weighted by atomic mass is 10.1. The molecule has 0 radical (unpaired) electrons. The van der Waals surface area contributed by atoms with E-state index in [2.05, 4.69) is 9.84 Å². The van der Waals surface area contributed by atoms with Crippen LogP contribution in [-0.2, 0) is 16.5 Å². The first-order valence-corrected chi connectivity index (χ1v) is 5.58. The standard InChI is InChI=1S/C11H15F3N2O3/c1-4-19-9(18)7-5-15-16(10(2,3)6-17)8(7)11(12,13)14/h5,17H,4,6H2,1-3H3. The number of hydrogen-bond acceptors (Lipinski definition) is 4. The fourth-order valence-electron chi connectivity index (χ4n) is 1.51. The van der Waals surface area contributed by atoms with Crippen molar-refractivity contribution in [3.63, 3.8) is 0 Å². The number of hydrogen-bond donors (Lipinski definition) is 1. The molecule has 0 aromatic carbocycles. The quantitative estimate of drug-likeness (QED) is 0.854. The molecule has 0 bridgehead atoms. The van der Waals surface area contributed by atoms with Gasteiger partial charge in [0, 0.05) is 0 Å². The Morgan fingerprint density at radius 2 is 2.05 bits per heavy atom. The first-order chi connectivity index (χ1) is 8.65. The number of aliphatic hydroxyl groups is 1. The van der Waals surface area contributed by atoms with Gasteiger partial charge in [0.15, 0.2) is 5.69 Å². The van der Waals surface area contributed by atoms with Crippen molar-refractivity contribution < 1.29 is 27.8 Å². The number of nitrogens with zero attached hydrogens (tertiary/aromatic N) is 2. The van der Waals surface area contributed by atoms with Gasteiger partial charge in [-0.15, -0.1) is 0 Å². The van der Waals surface area contributed by atoms with Gasteiger partial charge in [-0.1, -0.05) is 0 Å². The molecule has 0 atom stereocenters. The van der Waals surface area contributed by atoms with Crippen molar-refractivity contribution in [1.29, 1.82) is 0 Å². The lowest BCUT2D eigenvalue weighted by Crippen LogP contribution is -2.35. The number of aliphatic hydroxyl groups excluding tert-OH is 1. The number of rotatable bonds is 4. The van der Waals surface area contributed by atoms with Crippen LogP contribution in [0.4, 0.5) is 13.2 Å². The van der Waals surface area contributed by atoms with Crippen molar-refractivity contribution in [1.82, 2.24) is 9.78 Å². The maximum absolute atomic E-state index is 13.1. The number of esters is 1. The van der Waals surface area contributed by atoms with Crippen molar-refractivity contribution in [2.45, 2.75) is 32.5 Å². The van der Waals surface area contributed by atoms with Gasteiger partial charge < -0.3 is 9.84 Å². The third kappa shape index (κ3) is 3.06. The Hall–Kier alpha value is -1.57. The molecule has 108 valence electrons. The van der Waals surface area contributed by atoms with Crippen molar-refractivity contribution in [2.24, 2.45) is 0 Å². The summed E-state index contributed by atoms with van der Waals surface area (Å²) in [4.78, 5) is 11.5. The second-order valence-corrected chi connectivity index (χ2v) is 4.51. The minimum absolute atomic E-state index is 0.0370. The van der Waals surface area contributed by atoms with Crippen molar-refractivity contribution in [3.8, 4) is 0 Å². The SMILES string of the molecule is CCOC(=O)c1cnn(C(C)(C)CO)c1C(F)(F)F. The van der Waals surface area contributed by atoms with Gasteiger partial charge in [0.25, 0.3) is 0 Å². The molecule has 1 aromatic rings. The van der Waals surface area contributed by atoms with E-state index in [1.807, 2.05) is 0 Å². The molecule has 5 nitrogen and oxygen atoms in total. The van der Waals surface area contributed by atoms with E-state index in [4.69, 9.17) is 5.11 Å². The fourth-order valence-corrected chi connectivity index (χ4v) is 1.51. The third-order valence-corrected chi connectivity index (χ3v) is 2.49. The summed E-state index contributed by atoms with van der Waals surface area (Å²) in [7, 11) is 0. The topological polar surface area (TPSA) is 64.3 Å². The van der Waals surface area contributed by atoms with Crippen molar-refractivity contribution >= 4 is 5.97 Å². The van der Waals surface area contributed by atoms with Crippen LogP contribution in [0.1, 0.15) is 36.8 Å². The highest BCUT2D eigenvalue weighted by molar-refractivity contribution is 5.90. The van der Waals surface area contributed by atoms with E-state index in [9.17, 15) is 18.0 Å². The summed E-state index contributed by atoms with van der Waals surface area (Å²) in [5.41, 5.74) is -3.16. The molecular weight excluding hydrogens is 265 g/mol. The number of ether oxygens (including phenoxy) is 1. The molecular formula is C11H15F3N2O3. The van der Waals surface area contributed by atoms with Gasteiger partial charge in [-0.3, -0.25) is 4.68 Å². The molecule has 0 aliphatic rings. The van der Waals surface area contributed by atoms with Crippen molar-refractivity contribution in [2.75, 3.05) is 13.2 Å². The zero-order valence-electron chi connectivity index (χ0n) is 10.8. The van der Waals surface area contributed by atoms with E-state index in [1.54, 1.807) is 0 Å². The summed E-state index contributed by atoms with van der Waals surface area (Å²) < 4.78 is 44.3. The van der Waals surface area contributed by atoms with Gasteiger partial charge in [0.05, 0.1) is 24.9 Å². The summed E-state index contributed by atoms with van der Waals surface area (Å²) in [6.45, 7) is 3.66. The van der Waals surface area contributed by atoms with Crippen LogP contribution in [0.15, 0.2) is 6.20 Å². The zero-order valence-corrected chi connectivity index (χ0v) is 10.8. The second kappa shape index (κ2) is 5.20. The van der Waals surface area contributed by atoms with Gasteiger partial charge in [-0.05, 0) is 20.8 Å². The normalized spacial score (nSPS) is 12.6. The molecule has 0 aliphatic carbocycles. The van der Waals surface area contributed by atoms with E-state index >= 15 is 0 Å². The van der Waals surface area contributed by atoms with Crippen LogP contribution >= 0.6 is 0 Å². The zero-order chi connectivity index (χ0) is 14.8. The minimum atomic E-state index is -4.77. The number of aromatic nitrogens is 2. The van der Waals surface area contributed by atoms with Crippen molar-refractivity contribution in [3.05, 3.63) is 17.5 Å². The minimum Gasteiger partial charge on any atom is -0.462 e. The first-order valence-electron chi connectivity index (χ1n) is 5.58. The Morgan fingerprint density at radius 3 is 2.47 bits per heavy atom. The molecule has 8 heteroatoms. The summed E-state index contributed by atoms with van der Waals surface area (Å²) in [6.07, 6.45) is -3.97. The highest BCUT2D eigenvalue weighted by Gasteiger charge is 2.43. The number of alkyl halides is 3. The molecule has 1 aromatic heterocycles. The molecule has 0 amide bonds. The maximum atomic E-state index is 13.1. The highest BCUT2D eigenvalue weighted by Crippen LogP contribution is 2.35. The van der Waals surface area contributed by atoms with E-state index in [0.29, 0.717) is 4.68 Å². The smallest absolute Gasteiger partial charge is 0.433 e. The van der Waals surface area contributed by atoms with Crippen LogP contribution in [0.25, 0.3) is 0 Å². The average Bonchev–Trinajstić information content (AvgIpc) is 2.74. The largest absolute Gasteiger partial charge is 0.462 e. The summed E-state index contributed by atoms with van der Waals surface area (Å²) >= 11 is 0. The van der Waals surface area contributed by atoms with E-state index in [0.717, 1.165) is 6.20 Å². The lowest BCUT2D eigenvalue weighted by Gasteiger charge is -2.26. The van der Waals surface area contributed by atoms with Gasteiger partial charge in [-0.2, -0.15) is 18.3 Å². The molecule has 0 unspecified atom stereocenters. The van der Waals surface area contributed by atoms with Gasteiger partial charge in [0.1, 0.15) is 5.56 Å². The van der Waals surface area contributed by atoms with E-state index in [-0.39, 0.29) is 6.61 Å². The molecule has 1 heterocycles. The molecule has 19 heavy (non-hydrogen) atoms. The molecule has 1 N–H and O–H groups in total. The Labute approximate surface area is 108 Å². The first kappa shape index (κ1) is 15.5. The Morgan fingerprint density at radius 1 is 1.47 bits per heavy atom. The molecule has 0 fully saturated rings. The van der Waals surface area contributed by atoms with E-state index < -0.39 is 35.5 Å². The third-order valence-electron chi connectivity index (χ3n) is 2.49. The van der Waals surface area contributed by atoms with Gasteiger partial charge in [-0.25, -0.2) is 4.79 Å². The Balaban J connectivity index is 3.41. The molecule has 1 rings (SSSR count). The van der Waals surface area contributed by atoms with Gasteiger partial charge >= 0.3 is 12.1 Å². The number of carbonyl (C=O) groups excluding carboxylic acids is 1. The highest BCUT2D eigenvalue weighted by atomic mass is 19.4. The predicted octanol–water partition coefficient (Wildman–Crippen LogP) is 1.81. The molecule has 0 aliphatic heterocycles. The maximum Gasteiger partial charge on any atom is 0.433 e. The number of carbonyl (C=O) groups is 1. The fraction of sp³-hybridized carbons (Fsp3) is 0.636. The van der Waals surface area contributed by atoms with E-state index in [1.165, 1.54) is 20.8 Å². The van der Waals surface area contributed by atoms with Crippen LogP contribution < -0.4 is 0 Å².